The molecule has 2 saturated carbocycles. The Kier molecular flexibility index (Phi) is 2.76. The maximum absolute atomic E-state index is 12.6. The number of carbonyl (C=O) groups excluding carboxylic acids is 2. The second-order valence-electron chi connectivity index (χ2n) is 7.14. The van der Waals surface area contributed by atoms with E-state index in [9.17, 15) is 19.5 Å². The summed E-state index contributed by atoms with van der Waals surface area (Å²) in [5.74, 6) is -1.63. The van der Waals surface area contributed by atoms with Crippen LogP contribution in [0.15, 0.2) is 0 Å². The van der Waals surface area contributed by atoms with Crippen molar-refractivity contribution < 1.29 is 19.5 Å². The normalized spacial score (nSPS) is 34.0. The molecule has 0 spiro atoms. The summed E-state index contributed by atoms with van der Waals surface area (Å²) >= 11 is 0. The molecule has 2 unspecified atom stereocenters. The summed E-state index contributed by atoms with van der Waals surface area (Å²) < 4.78 is 0. The number of piperidine rings is 1. The quantitative estimate of drug-likeness (QED) is 0.799. The maximum atomic E-state index is 12.6. The summed E-state index contributed by atoms with van der Waals surface area (Å²) in [5, 5.41) is 9.19. The number of carboxylic acid groups (broad SMARTS) is 1. The third kappa shape index (κ3) is 1.64. The molecule has 110 valence electrons. The largest absolute Gasteiger partial charge is 0.481 e. The molecular weight excluding hydrogens is 258 g/mol. The molecule has 0 aromatic heterocycles. The van der Waals surface area contributed by atoms with E-state index in [1.54, 1.807) is 0 Å². The highest BCUT2D eigenvalue weighted by atomic mass is 16.4. The van der Waals surface area contributed by atoms with Gasteiger partial charge in [0.1, 0.15) is 0 Å². The van der Waals surface area contributed by atoms with Crippen molar-refractivity contribution in [2.24, 2.45) is 17.3 Å². The zero-order chi connectivity index (χ0) is 14.7. The molecule has 3 aliphatic rings. The number of likely N-dealkylation sites (tertiary alicyclic amines) is 1. The number of nitrogens with zero attached hydrogens (tertiary/aromatic N) is 1. The number of carboxylic acids is 1. The molecular formula is C15H21NO4. The number of hydrogen-bond acceptors (Lipinski definition) is 3. The minimum absolute atomic E-state index is 0.107. The predicted molar refractivity (Wildman–Crippen MR) is 70.7 cm³/mol. The molecule has 20 heavy (non-hydrogen) atoms. The average molecular weight is 279 g/mol. The van der Waals surface area contributed by atoms with Crippen LogP contribution in [0.3, 0.4) is 0 Å². The monoisotopic (exact) mass is 279 g/mol. The fraction of sp³-hybridized carbons (Fsp3) is 0.800. The Hall–Kier alpha value is -1.39. The van der Waals surface area contributed by atoms with Gasteiger partial charge in [0.05, 0.1) is 23.8 Å². The third-order valence-corrected chi connectivity index (χ3v) is 5.54. The maximum Gasteiger partial charge on any atom is 0.305 e. The predicted octanol–water partition coefficient (Wildman–Crippen LogP) is 1.80. The van der Waals surface area contributed by atoms with Crippen molar-refractivity contribution in [3.8, 4) is 0 Å². The molecule has 1 heterocycles. The number of amides is 2. The second kappa shape index (κ2) is 4.06. The minimum atomic E-state index is -0.924. The van der Waals surface area contributed by atoms with Gasteiger partial charge in [-0.25, -0.2) is 0 Å². The smallest absolute Gasteiger partial charge is 0.305 e. The van der Waals surface area contributed by atoms with Gasteiger partial charge in [0, 0.05) is 0 Å². The van der Waals surface area contributed by atoms with Gasteiger partial charge in [0.2, 0.25) is 11.8 Å². The van der Waals surface area contributed by atoms with Crippen LogP contribution in [0.1, 0.15) is 52.4 Å². The van der Waals surface area contributed by atoms with E-state index in [-0.39, 0.29) is 35.5 Å². The molecule has 0 aromatic rings. The highest BCUT2D eigenvalue weighted by molar-refractivity contribution is 6.11. The number of imide groups is 1. The van der Waals surface area contributed by atoms with Crippen LogP contribution in [0.25, 0.3) is 0 Å². The van der Waals surface area contributed by atoms with Crippen molar-refractivity contribution in [3.05, 3.63) is 0 Å². The van der Waals surface area contributed by atoms with E-state index in [1.807, 2.05) is 13.8 Å². The first kappa shape index (κ1) is 13.6. The molecule has 1 N–H and O–H groups in total. The molecule has 5 nitrogen and oxygen atoms in total. The molecule has 1 saturated heterocycles. The van der Waals surface area contributed by atoms with Gasteiger partial charge in [-0.15, -0.1) is 0 Å². The first-order valence-corrected chi connectivity index (χ1v) is 7.41. The molecule has 1 aliphatic heterocycles. The Morgan fingerprint density at radius 1 is 1.15 bits per heavy atom. The van der Waals surface area contributed by atoms with Gasteiger partial charge in [-0.3, -0.25) is 19.3 Å². The van der Waals surface area contributed by atoms with E-state index >= 15 is 0 Å². The Balaban J connectivity index is 1.91. The summed E-state index contributed by atoms with van der Waals surface area (Å²) in [4.78, 5) is 37.7. The van der Waals surface area contributed by atoms with Crippen LogP contribution in [0, 0.1) is 17.3 Å². The van der Waals surface area contributed by atoms with Crippen LogP contribution in [-0.4, -0.2) is 33.3 Å². The first-order chi connectivity index (χ1) is 9.31. The Morgan fingerprint density at radius 3 is 2.10 bits per heavy atom. The molecule has 3 fully saturated rings. The van der Waals surface area contributed by atoms with Crippen molar-refractivity contribution in [2.75, 3.05) is 0 Å². The molecule has 0 bridgehead atoms. The number of rotatable bonds is 3. The van der Waals surface area contributed by atoms with E-state index < -0.39 is 11.5 Å². The third-order valence-electron chi connectivity index (χ3n) is 5.54. The van der Waals surface area contributed by atoms with Crippen molar-refractivity contribution in [1.29, 1.82) is 0 Å². The summed E-state index contributed by atoms with van der Waals surface area (Å²) in [6.45, 7) is 3.89. The lowest BCUT2D eigenvalue weighted by Crippen LogP contribution is -2.56. The van der Waals surface area contributed by atoms with E-state index in [1.165, 1.54) is 4.90 Å². The van der Waals surface area contributed by atoms with Crippen molar-refractivity contribution in [1.82, 2.24) is 4.90 Å². The number of hydrogen-bond donors (Lipinski definition) is 1. The second-order valence-corrected chi connectivity index (χ2v) is 7.14. The SMILES string of the molecule is CC1(C)C2C(=O)N(C3(CC(=O)O)CCCCC3)C(=O)C21. The molecule has 5 heteroatoms. The molecule has 3 rings (SSSR count). The van der Waals surface area contributed by atoms with Gasteiger partial charge in [-0.1, -0.05) is 33.1 Å². The van der Waals surface area contributed by atoms with Crippen LogP contribution < -0.4 is 0 Å². The summed E-state index contributed by atoms with van der Waals surface area (Å²) in [6, 6.07) is 0. The van der Waals surface area contributed by atoms with Crippen LogP contribution in [0.2, 0.25) is 0 Å². The van der Waals surface area contributed by atoms with Gasteiger partial charge in [-0.05, 0) is 18.3 Å². The van der Waals surface area contributed by atoms with Crippen LogP contribution in [0.4, 0.5) is 0 Å². The van der Waals surface area contributed by atoms with Crippen LogP contribution in [0.5, 0.6) is 0 Å². The van der Waals surface area contributed by atoms with Gasteiger partial charge in [0.25, 0.3) is 0 Å². The van der Waals surface area contributed by atoms with E-state index in [2.05, 4.69) is 0 Å². The lowest BCUT2D eigenvalue weighted by Gasteiger charge is -2.44. The summed E-state index contributed by atoms with van der Waals surface area (Å²) in [5.41, 5.74) is -0.995. The highest BCUT2D eigenvalue weighted by Gasteiger charge is 2.74. The van der Waals surface area contributed by atoms with Gasteiger partial charge < -0.3 is 5.11 Å². The molecule has 2 aliphatic carbocycles. The molecule has 2 amide bonds. The summed E-state index contributed by atoms with van der Waals surface area (Å²) in [6.07, 6.45) is 4.00. The van der Waals surface area contributed by atoms with Crippen molar-refractivity contribution >= 4 is 17.8 Å². The van der Waals surface area contributed by atoms with Gasteiger partial charge in [0.15, 0.2) is 0 Å². The minimum Gasteiger partial charge on any atom is -0.481 e. The van der Waals surface area contributed by atoms with Crippen molar-refractivity contribution in [2.45, 2.75) is 57.9 Å². The van der Waals surface area contributed by atoms with Crippen LogP contribution in [-0.2, 0) is 14.4 Å². The van der Waals surface area contributed by atoms with Crippen LogP contribution >= 0.6 is 0 Å². The van der Waals surface area contributed by atoms with Gasteiger partial charge in [-0.2, -0.15) is 0 Å². The highest BCUT2D eigenvalue weighted by Crippen LogP contribution is 2.65. The zero-order valence-corrected chi connectivity index (χ0v) is 12.0. The standard InChI is InChI=1S/C15H21NO4/c1-14(2)10-11(14)13(20)16(12(10)19)15(8-9(17)18)6-4-3-5-7-15/h10-11H,3-8H2,1-2H3,(H,17,18). The fourth-order valence-electron chi connectivity index (χ4n) is 4.38. The van der Waals surface area contributed by atoms with Crippen molar-refractivity contribution in [3.63, 3.8) is 0 Å². The Bertz CT molecular complexity index is 466. The lowest BCUT2D eigenvalue weighted by molar-refractivity contribution is -0.155. The molecule has 0 radical (unpaired) electrons. The number of aliphatic carboxylic acids is 1. The molecule has 2 atom stereocenters. The van der Waals surface area contributed by atoms with Gasteiger partial charge >= 0.3 is 5.97 Å². The fourth-order valence-corrected chi connectivity index (χ4v) is 4.38. The van der Waals surface area contributed by atoms with E-state index in [4.69, 9.17) is 0 Å². The first-order valence-electron chi connectivity index (χ1n) is 7.41. The summed E-state index contributed by atoms with van der Waals surface area (Å²) in [7, 11) is 0. The number of carbonyl (C=O) groups is 3. The Morgan fingerprint density at radius 2 is 1.65 bits per heavy atom. The lowest BCUT2D eigenvalue weighted by atomic mass is 9.77. The van der Waals surface area contributed by atoms with E-state index in [0.29, 0.717) is 12.8 Å². The number of fused-ring (bicyclic) bond motifs is 1. The van der Waals surface area contributed by atoms with E-state index in [0.717, 1.165) is 19.3 Å². The molecule has 0 aromatic carbocycles. The average Bonchev–Trinajstić information content (AvgIpc) is 2.79. The topological polar surface area (TPSA) is 74.7 Å². The zero-order valence-electron chi connectivity index (χ0n) is 12.0. The Labute approximate surface area is 118 Å².